The summed E-state index contributed by atoms with van der Waals surface area (Å²) in [5.41, 5.74) is 9.08. The fourth-order valence-corrected chi connectivity index (χ4v) is 1.99. The monoisotopic (exact) mass is 269 g/mol. The molecule has 0 aliphatic heterocycles. The quantitative estimate of drug-likeness (QED) is 0.421. The number of aromatic amines is 1. The van der Waals surface area contributed by atoms with Crippen LogP contribution in [0.3, 0.4) is 0 Å². The predicted octanol–water partition coefficient (Wildman–Crippen LogP) is 2.42. The highest BCUT2D eigenvalue weighted by atomic mass is 16.6. The molecule has 3 aromatic rings. The van der Waals surface area contributed by atoms with Gasteiger partial charge in [-0.25, -0.2) is 9.97 Å². The van der Waals surface area contributed by atoms with Gasteiger partial charge in [0, 0.05) is 29.6 Å². The van der Waals surface area contributed by atoms with Gasteiger partial charge in [-0.3, -0.25) is 10.1 Å². The minimum Gasteiger partial charge on any atom is -0.398 e. The van der Waals surface area contributed by atoms with E-state index in [1.54, 1.807) is 6.20 Å². The number of nitro groups is 1. The van der Waals surface area contributed by atoms with Gasteiger partial charge in [0.05, 0.1) is 10.4 Å². The lowest BCUT2D eigenvalue weighted by Crippen LogP contribution is -1.94. The number of rotatable bonds is 2. The number of non-ortho nitro benzene ring substituents is 1. The Kier molecular flexibility index (Phi) is 2.60. The summed E-state index contributed by atoms with van der Waals surface area (Å²) < 4.78 is 0. The second kappa shape index (κ2) is 4.30. The fraction of sp³-hybridized carbons (Fsp3) is 0.0769. The third kappa shape index (κ3) is 1.95. The number of nitrogens with two attached hydrogens (primary N) is 1. The number of nitrogens with one attached hydrogen (secondary N) is 1. The van der Waals surface area contributed by atoms with Crippen molar-refractivity contribution in [2.45, 2.75) is 6.92 Å². The Balaban J connectivity index is 2.19. The highest BCUT2D eigenvalue weighted by molar-refractivity contribution is 5.81. The molecule has 0 radical (unpaired) electrons. The van der Waals surface area contributed by atoms with Crippen molar-refractivity contribution in [3.05, 3.63) is 46.1 Å². The molecule has 7 heteroatoms. The number of fused-ring (bicyclic) bond motifs is 1. The number of H-pyrrole nitrogens is 1. The minimum absolute atomic E-state index is 0.0289. The molecule has 0 unspecified atom stereocenters. The Hall–Kier alpha value is -2.96. The summed E-state index contributed by atoms with van der Waals surface area (Å²) >= 11 is 0. The number of pyridine rings is 1. The topological polar surface area (TPSA) is 111 Å². The summed E-state index contributed by atoms with van der Waals surface area (Å²) in [5, 5.41) is 10.8. The average molecular weight is 269 g/mol. The van der Waals surface area contributed by atoms with Crippen LogP contribution < -0.4 is 5.73 Å². The molecule has 0 saturated heterocycles. The Labute approximate surface area is 113 Å². The van der Waals surface area contributed by atoms with E-state index in [0.717, 1.165) is 11.1 Å². The van der Waals surface area contributed by atoms with Crippen LogP contribution in [0.1, 0.15) is 5.56 Å². The molecule has 2 heterocycles. The van der Waals surface area contributed by atoms with Gasteiger partial charge in [0.1, 0.15) is 5.82 Å². The van der Waals surface area contributed by atoms with Crippen LogP contribution in [0.15, 0.2) is 30.5 Å². The number of anilines is 1. The van der Waals surface area contributed by atoms with Crippen molar-refractivity contribution in [2.75, 3.05) is 5.73 Å². The van der Waals surface area contributed by atoms with E-state index < -0.39 is 4.92 Å². The summed E-state index contributed by atoms with van der Waals surface area (Å²) in [5.74, 6) is 0.472. The Bertz CT molecular complexity index is 825. The molecule has 0 fully saturated rings. The van der Waals surface area contributed by atoms with E-state index in [-0.39, 0.29) is 5.69 Å². The van der Waals surface area contributed by atoms with Crippen molar-refractivity contribution >= 4 is 22.5 Å². The molecule has 100 valence electrons. The van der Waals surface area contributed by atoms with Crippen LogP contribution in [0, 0.1) is 17.0 Å². The average Bonchev–Trinajstić information content (AvgIpc) is 2.81. The van der Waals surface area contributed by atoms with Gasteiger partial charge >= 0.3 is 0 Å². The van der Waals surface area contributed by atoms with Gasteiger partial charge in [-0.05, 0) is 24.6 Å². The lowest BCUT2D eigenvalue weighted by atomic mass is 10.1. The van der Waals surface area contributed by atoms with Gasteiger partial charge in [-0.15, -0.1) is 0 Å². The first-order valence-corrected chi connectivity index (χ1v) is 5.91. The zero-order chi connectivity index (χ0) is 14.3. The largest absolute Gasteiger partial charge is 0.398 e. The first-order valence-electron chi connectivity index (χ1n) is 5.91. The molecule has 1 aromatic carbocycles. The lowest BCUT2D eigenvalue weighted by Gasteiger charge is -2.01. The fourth-order valence-electron chi connectivity index (χ4n) is 1.99. The molecule has 0 amide bonds. The van der Waals surface area contributed by atoms with E-state index in [1.165, 1.54) is 18.2 Å². The number of hydrogen-bond acceptors (Lipinski definition) is 5. The Morgan fingerprint density at radius 2 is 2.15 bits per heavy atom. The summed E-state index contributed by atoms with van der Waals surface area (Å²) in [6, 6.07) is 6.18. The summed E-state index contributed by atoms with van der Waals surface area (Å²) in [6.07, 6.45) is 1.71. The molecular formula is C13H11N5O2. The molecule has 3 rings (SSSR count). The number of benzene rings is 1. The van der Waals surface area contributed by atoms with Gasteiger partial charge < -0.3 is 10.7 Å². The van der Waals surface area contributed by atoms with E-state index in [4.69, 9.17) is 5.73 Å². The van der Waals surface area contributed by atoms with Crippen molar-refractivity contribution < 1.29 is 4.92 Å². The van der Waals surface area contributed by atoms with E-state index in [9.17, 15) is 10.1 Å². The third-order valence-electron chi connectivity index (χ3n) is 2.98. The normalized spacial score (nSPS) is 10.8. The summed E-state index contributed by atoms with van der Waals surface area (Å²) in [4.78, 5) is 22.0. The van der Waals surface area contributed by atoms with Gasteiger partial charge in [0.2, 0.25) is 0 Å². The standard InChI is InChI=1S/C13H11N5O2/c1-7-4-11-13(15-6-7)17-12(16-11)9-5-8(18(19)20)2-3-10(9)14/h2-6H,14H2,1H3,(H,15,16,17). The number of aromatic nitrogens is 3. The second-order valence-electron chi connectivity index (χ2n) is 4.50. The van der Waals surface area contributed by atoms with Crippen molar-refractivity contribution in [3.8, 4) is 11.4 Å². The van der Waals surface area contributed by atoms with Crippen molar-refractivity contribution in [1.82, 2.24) is 15.0 Å². The Morgan fingerprint density at radius 3 is 2.90 bits per heavy atom. The molecule has 0 bridgehead atoms. The molecular weight excluding hydrogens is 258 g/mol. The van der Waals surface area contributed by atoms with Crippen molar-refractivity contribution in [3.63, 3.8) is 0 Å². The highest BCUT2D eigenvalue weighted by Crippen LogP contribution is 2.29. The van der Waals surface area contributed by atoms with Crippen molar-refractivity contribution in [2.24, 2.45) is 0 Å². The predicted molar refractivity (Wildman–Crippen MR) is 75.1 cm³/mol. The molecule has 0 spiro atoms. The van der Waals surface area contributed by atoms with Crippen LogP contribution in [0.4, 0.5) is 11.4 Å². The van der Waals surface area contributed by atoms with Crippen LogP contribution in [0.2, 0.25) is 0 Å². The van der Waals surface area contributed by atoms with Crippen LogP contribution >= 0.6 is 0 Å². The van der Waals surface area contributed by atoms with Gasteiger partial charge in [0.25, 0.3) is 5.69 Å². The first kappa shape index (κ1) is 12.1. The summed E-state index contributed by atoms with van der Waals surface area (Å²) in [6.45, 7) is 1.93. The van der Waals surface area contributed by atoms with Crippen LogP contribution in [-0.4, -0.2) is 19.9 Å². The molecule has 0 atom stereocenters. The van der Waals surface area contributed by atoms with E-state index in [0.29, 0.717) is 22.7 Å². The molecule has 2 aromatic heterocycles. The van der Waals surface area contributed by atoms with Crippen LogP contribution in [0.25, 0.3) is 22.6 Å². The molecule has 0 aliphatic rings. The molecule has 7 nitrogen and oxygen atoms in total. The minimum atomic E-state index is -0.464. The first-order chi connectivity index (χ1) is 9.54. The van der Waals surface area contributed by atoms with E-state index in [1.807, 2.05) is 13.0 Å². The maximum absolute atomic E-state index is 10.8. The molecule has 0 aliphatic carbocycles. The van der Waals surface area contributed by atoms with E-state index in [2.05, 4.69) is 15.0 Å². The highest BCUT2D eigenvalue weighted by Gasteiger charge is 2.14. The number of nitro benzene ring substituents is 1. The molecule has 20 heavy (non-hydrogen) atoms. The molecule has 0 saturated carbocycles. The smallest absolute Gasteiger partial charge is 0.270 e. The number of aryl methyl sites for hydroxylation is 1. The van der Waals surface area contributed by atoms with Crippen LogP contribution in [-0.2, 0) is 0 Å². The lowest BCUT2D eigenvalue weighted by molar-refractivity contribution is -0.384. The molecule has 3 N–H and O–H groups in total. The maximum Gasteiger partial charge on any atom is 0.270 e. The van der Waals surface area contributed by atoms with Gasteiger partial charge in [-0.1, -0.05) is 0 Å². The van der Waals surface area contributed by atoms with Gasteiger partial charge in [0.15, 0.2) is 5.65 Å². The maximum atomic E-state index is 10.8. The van der Waals surface area contributed by atoms with Crippen molar-refractivity contribution in [1.29, 1.82) is 0 Å². The van der Waals surface area contributed by atoms with Gasteiger partial charge in [-0.2, -0.15) is 0 Å². The van der Waals surface area contributed by atoms with E-state index >= 15 is 0 Å². The summed E-state index contributed by atoms with van der Waals surface area (Å²) in [7, 11) is 0. The Morgan fingerprint density at radius 1 is 1.35 bits per heavy atom. The SMILES string of the molecule is Cc1cnc2nc(-c3cc([N+](=O)[O-])ccc3N)[nH]c2c1. The number of hydrogen-bond donors (Lipinski definition) is 2. The zero-order valence-corrected chi connectivity index (χ0v) is 10.6. The number of nitrogen functional groups attached to an aromatic ring is 1. The third-order valence-corrected chi connectivity index (χ3v) is 2.98. The zero-order valence-electron chi connectivity index (χ0n) is 10.6. The van der Waals surface area contributed by atoms with Crippen LogP contribution in [0.5, 0.6) is 0 Å². The number of imidazole rings is 1. The number of nitrogens with zero attached hydrogens (tertiary/aromatic N) is 3. The second-order valence-corrected chi connectivity index (χ2v) is 4.50.